The Morgan fingerprint density at radius 2 is 2.10 bits per heavy atom. The number of aryl methyl sites for hydroxylation is 1. The molecular weight excluding hydrogens is 304 g/mol. The summed E-state index contributed by atoms with van der Waals surface area (Å²) in [6, 6.07) is 1.75. The molecular formula is C15H24N2O2S2. The molecule has 0 spiro atoms. The third-order valence-corrected chi connectivity index (χ3v) is 6.58. The van der Waals surface area contributed by atoms with Gasteiger partial charge in [0.15, 0.2) is 0 Å². The standard InChI is InChI=1S/C15H24N2O2S2/c1-5-8-16-12-14-13(4)11-15(20-14)21(18,19)17(9-6-2)10-7-3/h2,11,16H,5,7-10,12H2,1,3-4H3. The van der Waals surface area contributed by atoms with Crippen molar-refractivity contribution in [1.29, 1.82) is 0 Å². The number of sulfonamides is 1. The van der Waals surface area contributed by atoms with Crippen molar-refractivity contribution in [3.63, 3.8) is 0 Å². The van der Waals surface area contributed by atoms with Gasteiger partial charge in [-0.05, 0) is 37.9 Å². The number of terminal acetylenes is 1. The molecule has 0 fully saturated rings. The fourth-order valence-corrected chi connectivity index (χ4v) is 5.09. The molecule has 1 rings (SSSR count). The van der Waals surface area contributed by atoms with Crippen molar-refractivity contribution in [3.05, 3.63) is 16.5 Å². The molecule has 1 aromatic rings. The van der Waals surface area contributed by atoms with E-state index in [1.54, 1.807) is 6.07 Å². The van der Waals surface area contributed by atoms with Crippen LogP contribution in [0.5, 0.6) is 0 Å². The predicted molar refractivity (Wildman–Crippen MR) is 88.9 cm³/mol. The zero-order chi connectivity index (χ0) is 15.9. The molecule has 6 heteroatoms. The van der Waals surface area contributed by atoms with Gasteiger partial charge in [-0.3, -0.25) is 0 Å². The first-order chi connectivity index (χ1) is 9.97. The fourth-order valence-electron chi connectivity index (χ4n) is 1.93. The van der Waals surface area contributed by atoms with E-state index in [4.69, 9.17) is 6.42 Å². The Bertz CT molecular complexity index is 585. The number of hydrogen-bond acceptors (Lipinski definition) is 4. The van der Waals surface area contributed by atoms with Crippen LogP contribution in [0.25, 0.3) is 0 Å². The second-order valence-corrected chi connectivity index (χ2v) is 8.19. The smallest absolute Gasteiger partial charge is 0.253 e. The Balaban J connectivity index is 2.97. The topological polar surface area (TPSA) is 49.4 Å². The molecule has 0 radical (unpaired) electrons. The minimum atomic E-state index is -3.48. The Kier molecular flexibility index (Phi) is 7.40. The SMILES string of the molecule is C#CCN(CCC)S(=O)(=O)c1cc(C)c(CNCCC)s1. The minimum Gasteiger partial charge on any atom is -0.312 e. The zero-order valence-electron chi connectivity index (χ0n) is 13.0. The molecule has 1 aromatic heterocycles. The molecule has 0 amide bonds. The van der Waals surface area contributed by atoms with E-state index >= 15 is 0 Å². The zero-order valence-corrected chi connectivity index (χ0v) is 14.6. The average Bonchev–Trinajstić information content (AvgIpc) is 2.81. The molecule has 0 aliphatic carbocycles. The molecule has 1 N–H and O–H groups in total. The lowest BCUT2D eigenvalue weighted by atomic mass is 10.3. The maximum Gasteiger partial charge on any atom is 0.253 e. The Hall–Kier alpha value is -0.870. The van der Waals surface area contributed by atoms with E-state index < -0.39 is 10.0 Å². The number of hydrogen-bond donors (Lipinski definition) is 1. The number of thiophene rings is 1. The second kappa shape index (κ2) is 8.54. The van der Waals surface area contributed by atoms with Crippen molar-refractivity contribution < 1.29 is 8.42 Å². The summed E-state index contributed by atoms with van der Waals surface area (Å²) >= 11 is 1.34. The van der Waals surface area contributed by atoms with E-state index in [-0.39, 0.29) is 6.54 Å². The molecule has 1 heterocycles. The van der Waals surface area contributed by atoms with Gasteiger partial charge in [0.05, 0.1) is 6.54 Å². The summed E-state index contributed by atoms with van der Waals surface area (Å²) in [5, 5.41) is 3.31. The highest BCUT2D eigenvalue weighted by atomic mass is 32.2. The summed E-state index contributed by atoms with van der Waals surface area (Å²) in [5.74, 6) is 2.43. The van der Waals surface area contributed by atoms with E-state index in [0.717, 1.165) is 29.8 Å². The van der Waals surface area contributed by atoms with Crippen LogP contribution in [0.15, 0.2) is 10.3 Å². The van der Waals surface area contributed by atoms with Gasteiger partial charge in [0.1, 0.15) is 4.21 Å². The molecule has 4 nitrogen and oxygen atoms in total. The monoisotopic (exact) mass is 328 g/mol. The van der Waals surface area contributed by atoms with E-state index in [2.05, 4.69) is 18.2 Å². The van der Waals surface area contributed by atoms with Gasteiger partial charge < -0.3 is 5.32 Å². The Morgan fingerprint density at radius 3 is 2.67 bits per heavy atom. The maximum absolute atomic E-state index is 12.6. The van der Waals surface area contributed by atoms with Crippen molar-refractivity contribution in [2.45, 2.75) is 44.4 Å². The number of nitrogens with one attached hydrogen (secondary N) is 1. The van der Waals surface area contributed by atoms with Gasteiger partial charge in [0.2, 0.25) is 0 Å². The van der Waals surface area contributed by atoms with Crippen LogP contribution in [-0.4, -0.2) is 32.4 Å². The van der Waals surface area contributed by atoms with E-state index in [0.29, 0.717) is 17.3 Å². The number of rotatable bonds is 9. The van der Waals surface area contributed by atoms with Crippen molar-refractivity contribution >= 4 is 21.4 Å². The van der Waals surface area contributed by atoms with Gasteiger partial charge in [0, 0.05) is 18.0 Å². The highest BCUT2D eigenvalue weighted by Gasteiger charge is 2.25. The molecule has 0 saturated carbocycles. The van der Waals surface area contributed by atoms with Crippen LogP contribution in [0, 0.1) is 19.3 Å². The summed E-state index contributed by atoms with van der Waals surface area (Å²) in [6.07, 6.45) is 7.09. The molecule has 0 aromatic carbocycles. The van der Waals surface area contributed by atoms with Crippen molar-refractivity contribution in [2.75, 3.05) is 19.6 Å². The lowest BCUT2D eigenvalue weighted by molar-refractivity contribution is 0.447. The van der Waals surface area contributed by atoms with Gasteiger partial charge in [-0.1, -0.05) is 19.8 Å². The fraction of sp³-hybridized carbons (Fsp3) is 0.600. The van der Waals surface area contributed by atoms with Crippen LogP contribution in [0.3, 0.4) is 0 Å². The average molecular weight is 329 g/mol. The Morgan fingerprint density at radius 1 is 1.38 bits per heavy atom. The lowest BCUT2D eigenvalue weighted by Gasteiger charge is -2.17. The summed E-state index contributed by atoms with van der Waals surface area (Å²) in [7, 11) is -3.48. The van der Waals surface area contributed by atoms with Gasteiger partial charge in [-0.25, -0.2) is 8.42 Å². The largest absolute Gasteiger partial charge is 0.312 e. The van der Waals surface area contributed by atoms with E-state index in [1.165, 1.54) is 15.6 Å². The first kappa shape index (κ1) is 18.2. The van der Waals surface area contributed by atoms with Crippen LogP contribution in [-0.2, 0) is 16.6 Å². The van der Waals surface area contributed by atoms with Crippen LogP contribution in [0.2, 0.25) is 0 Å². The van der Waals surface area contributed by atoms with Crippen LogP contribution in [0.4, 0.5) is 0 Å². The molecule has 21 heavy (non-hydrogen) atoms. The second-order valence-electron chi connectivity index (χ2n) is 4.89. The van der Waals surface area contributed by atoms with Crippen LogP contribution in [0.1, 0.15) is 37.1 Å². The predicted octanol–water partition coefficient (Wildman–Crippen LogP) is 2.59. The first-order valence-corrected chi connectivity index (χ1v) is 9.46. The Labute approximate surface area is 132 Å². The quantitative estimate of drug-likeness (QED) is 0.560. The maximum atomic E-state index is 12.6. The molecule has 0 aliphatic heterocycles. The first-order valence-electron chi connectivity index (χ1n) is 7.21. The third-order valence-electron chi connectivity index (χ3n) is 3.05. The lowest BCUT2D eigenvalue weighted by Crippen LogP contribution is -2.31. The number of nitrogens with zero attached hydrogens (tertiary/aromatic N) is 1. The summed E-state index contributed by atoms with van der Waals surface area (Å²) in [5.41, 5.74) is 1.01. The van der Waals surface area contributed by atoms with Gasteiger partial charge in [-0.2, -0.15) is 4.31 Å². The highest BCUT2D eigenvalue weighted by Crippen LogP contribution is 2.28. The molecule has 0 atom stereocenters. The van der Waals surface area contributed by atoms with Crippen molar-refractivity contribution in [2.24, 2.45) is 0 Å². The van der Waals surface area contributed by atoms with Gasteiger partial charge >= 0.3 is 0 Å². The van der Waals surface area contributed by atoms with E-state index in [1.807, 2.05) is 13.8 Å². The summed E-state index contributed by atoms with van der Waals surface area (Å²) < 4.78 is 27.0. The van der Waals surface area contributed by atoms with Gasteiger partial charge in [-0.15, -0.1) is 17.8 Å². The third kappa shape index (κ3) is 4.82. The van der Waals surface area contributed by atoms with Crippen LogP contribution >= 0.6 is 11.3 Å². The van der Waals surface area contributed by atoms with Crippen LogP contribution < -0.4 is 5.32 Å². The summed E-state index contributed by atoms with van der Waals surface area (Å²) in [4.78, 5) is 1.07. The molecule has 0 saturated heterocycles. The summed E-state index contributed by atoms with van der Waals surface area (Å²) in [6.45, 7) is 8.21. The van der Waals surface area contributed by atoms with E-state index in [9.17, 15) is 8.42 Å². The van der Waals surface area contributed by atoms with Gasteiger partial charge in [0.25, 0.3) is 10.0 Å². The van der Waals surface area contributed by atoms with Crippen molar-refractivity contribution in [3.8, 4) is 12.3 Å². The molecule has 118 valence electrons. The molecule has 0 bridgehead atoms. The minimum absolute atomic E-state index is 0.122. The van der Waals surface area contributed by atoms with Crippen molar-refractivity contribution in [1.82, 2.24) is 9.62 Å². The molecule has 0 unspecified atom stereocenters. The molecule has 0 aliphatic rings. The highest BCUT2D eigenvalue weighted by molar-refractivity contribution is 7.91. The normalized spacial score (nSPS) is 11.8.